The van der Waals surface area contributed by atoms with Gasteiger partial charge in [-0.2, -0.15) is 0 Å². The third-order valence-electron chi connectivity index (χ3n) is 5.11. The summed E-state index contributed by atoms with van der Waals surface area (Å²) >= 11 is 0. The molecule has 2 heterocycles. The van der Waals surface area contributed by atoms with Crippen molar-refractivity contribution in [3.8, 4) is 5.75 Å². The van der Waals surface area contributed by atoms with Gasteiger partial charge in [-0.15, -0.1) is 0 Å². The van der Waals surface area contributed by atoms with E-state index in [0.29, 0.717) is 52.0 Å². The van der Waals surface area contributed by atoms with Crippen molar-refractivity contribution < 1.29 is 18.7 Å². The summed E-state index contributed by atoms with van der Waals surface area (Å²) in [5.74, 6) is 0.902. The van der Waals surface area contributed by atoms with Gasteiger partial charge in [0.1, 0.15) is 11.9 Å². The lowest BCUT2D eigenvalue weighted by atomic mass is 9.72. The van der Waals surface area contributed by atoms with Crippen molar-refractivity contribution in [2.45, 2.75) is 37.3 Å². The second kappa shape index (κ2) is 6.87. The molecule has 0 aliphatic carbocycles. The second-order valence-electron chi connectivity index (χ2n) is 6.39. The molecule has 0 N–H and O–H groups in total. The number of likely N-dealkylation sites (tertiary alicyclic amines) is 1. The molecule has 2 saturated heterocycles. The molecule has 0 spiro atoms. The Labute approximate surface area is 136 Å². The highest BCUT2D eigenvalue weighted by atomic mass is 19.1. The number of ether oxygens (including phenoxy) is 2. The largest absolute Gasteiger partial charge is 0.497 e. The summed E-state index contributed by atoms with van der Waals surface area (Å²) in [6.45, 7) is 2.19. The van der Waals surface area contributed by atoms with Gasteiger partial charge in [-0.25, -0.2) is 4.39 Å². The first-order valence-electron chi connectivity index (χ1n) is 8.31. The average Bonchev–Trinajstić information content (AvgIpc) is 2.62. The van der Waals surface area contributed by atoms with Crippen LogP contribution in [0.5, 0.6) is 5.75 Å². The summed E-state index contributed by atoms with van der Waals surface area (Å²) in [6, 6.07) is 7.75. The maximum Gasteiger partial charge on any atom is 0.233 e. The monoisotopic (exact) mass is 321 g/mol. The first-order chi connectivity index (χ1) is 11.2. The van der Waals surface area contributed by atoms with Crippen LogP contribution >= 0.6 is 0 Å². The molecule has 0 saturated carbocycles. The van der Waals surface area contributed by atoms with Crippen molar-refractivity contribution in [3.63, 3.8) is 0 Å². The minimum atomic E-state index is -0.773. The number of benzene rings is 1. The van der Waals surface area contributed by atoms with Gasteiger partial charge in [-0.05, 0) is 43.4 Å². The van der Waals surface area contributed by atoms with Crippen molar-refractivity contribution in [1.29, 1.82) is 0 Å². The molecule has 0 aromatic heterocycles. The Kier molecular flexibility index (Phi) is 4.85. The highest BCUT2D eigenvalue weighted by molar-refractivity contribution is 5.88. The van der Waals surface area contributed by atoms with Gasteiger partial charge in [0.05, 0.1) is 12.5 Å². The molecule has 1 aromatic rings. The van der Waals surface area contributed by atoms with Crippen LogP contribution in [0.1, 0.15) is 31.2 Å². The van der Waals surface area contributed by atoms with E-state index in [-0.39, 0.29) is 5.91 Å². The fourth-order valence-electron chi connectivity index (χ4n) is 3.61. The van der Waals surface area contributed by atoms with Gasteiger partial charge in [0.15, 0.2) is 0 Å². The van der Waals surface area contributed by atoms with E-state index in [0.717, 1.165) is 11.3 Å². The van der Waals surface area contributed by atoms with Crippen LogP contribution < -0.4 is 4.74 Å². The topological polar surface area (TPSA) is 38.8 Å². The van der Waals surface area contributed by atoms with Gasteiger partial charge >= 0.3 is 0 Å². The standard InChI is InChI=1S/C18H24FNO3/c1-22-16-4-2-14(3-5-16)18(8-12-23-13-9-18)17(21)20-10-6-15(19)7-11-20/h2-5,15H,6-13H2,1H3. The number of piperidine rings is 1. The van der Waals surface area contributed by atoms with Crippen LogP contribution in [0.3, 0.4) is 0 Å². The van der Waals surface area contributed by atoms with E-state index in [9.17, 15) is 9.18 Å². The zero-order chi connectivity index (χ0) is 16.3. The Bertz CT molecular complexity index is 532. The van der Waals surface area contributed by atoms with Gasteiger partial charge in [0.2, 0.25) is 5.91 Å². The van der Waals surface area contributed by atoms with E-state index in [4.69, 9.17) is 9.47 Å². The molecule has 0 bridgehead atoms. The fraction of sp³-hybridized carbons (Fsp3) is 0.611. The van der Waals surface area contributed by atoms with Gasteiger partial charge in [0.25, 0.3) is 0 Å². The summed E-state index contributed by atoms with van der Waals surface area (Å²) in [5, 5.41) is 0. The van der Waals surface area contributed by atoms with Crippen molar-refractivity contribution in [1.82, 2.24) is 4.90 Å². The number of amides is 1. The van der Waals surface area contributed by atoms with Crippen LogP contribution in [0.2, 0.25) is 0 Å². The Morgan fingerprint density at radius 3 is 2.39 bits per heavy atom. The van der Waals surface area contributed by atoms with E-state index >= 15 is 0 Å². The Morgan fingerprint density at radius 2 is 1.83 bits per heavy atom. The molecule has 3 rings (SSSR count). The summed E-state index contributed by atoms with van der Waals surface area (Å²) in [6.07, 6.45) is 1.47. The maximum absolute atomic E-state index is 13.4. The smallest absolute Gasteiger partial charge is 0.233 e. The van der Waals surface area contributed by atoms with Crippen molar-refractivity contribution in [2.75, 3.05) is 33.4 Å². The molecule has 0 radical (unpaired) electrons. The van der Waals surface area contributed by atoms with Crippen LogP contribution in [0.15, 0.2) is 24.3 Å². The van der Waals surface area contributed by atoms with E-state index in [1.807, 2.05) is 29.2 Å². The summed E-state index contributed by atoms with van der Waals surface area (Å²) in [4.78, 5) is 15.1. The van der Waals surface area contributed by atoms with E-state index in [1.165, 1.54) is 0 Å². The molecule has 126 valence electrons. The molecule has 1 amide bonds. The van der Waals surface area contributed by atoms with Crippen LogP contribution in [-0.4, -0.2) is 50.4 Å². The molecule has 0 unspecified atom stereocenters. The Hall–Kier alpha value is -1.62. The predicted octanol–water partition coefficient (Wildman–Crippen LogP) is 2.70. The number of rotatable bonds is 3. The highest BCUT2D eigenvalue weighted by Crippen LogP contribution is 2.38. The summed E-state index contributed by atoms with van der Waals surface area (Å²) in [7, 11) is 1.63. The maximum atomic E-state index is 13.4. The second-order valence-corrected chi connectivity index (χ2v) is 6.39. The molecule has 2 aliphatic rings. The first-order valence-corrected chi connectivity index (χ1v) is 8.31. The van der Waals surface area contributed by atoms with Gasteiger partial charge in [0, 0.05) is 26.3 Å². The van der Waals surface area contributed by atoms with E-state index in [2.05, 4.69) is 0 Å². The number of hydrogen-bond donors (Lipinski definition) is 0. The lowest BCUT2D eigenvalue weighted by Crippen LogP contribution is -2.52. The average molecular weight is 321 g/mol. The van der Waals surface area contributed by atoms with Crippen LogP contribution in [0.4, 0.5) is 4.39 Å². The van der Waals surface area contributed by atoms with E-state index in [1.54, 1.807) is 7.11 Å². The molecular weight excluding hydrogens is 297 g/mol. The highest BCUT2D eigenvalue weighted by Gasteiger charge is 2.44. The lowest BCUT2D eigenvalue weighted by molar-refractivity contribution is -0.142. The summed E-state index contributed by atoms with van der Waals surface area (Å²) in [5.41, 5.74) is 0.460. The van der Waals surface area contributed by atoms with E-state index < -0.39 is 11.6 Å². The predicted molar refractivity (Wildman–Crippen MR) is 85.4 cm³/mol. The summed E-state index contributed by atoms with van der Waals surface area (Å²) < 4.78 is 24.1. The normalized spacial score (nSPS) is 21.9. The first kappa shape index (κ1) is 16.2. The van der Waals surface area contributed by atoms with Crippen LogP contribution in [0, 0.1) is 0 Å². The van der Waals surface area contributed by atoms with Gasteiger partial charge in [-0.1, -0.05) is 12.1 Å². The Morgan fingerprint density at radius 1 is 1.22 bits per heavy atom. The molecular formula is C18H24FNO3. The molecule has 0 atom stereocenters. The third kappa shape index (κ3) is 3.20. The minimum Gasteiger partial charge on any atom is -0.497 e. The quantitative estimate of drug-likeness (QED) is 0.859. The third-order valence-corrected chi connectivity index (χ3v) is 5.11. The van der Waals surface area contributed by atoms with Gasteiger partial charge < -0.3 is 14.4 Å². The number of carbonyl (C=O) groups is 1. The number of methoxy groups -OCH3 is 1. The SMILES string of the molecule is COc1ccc(C2(C(=O)N3CCC(F)CC3)CCOCC2)cc1. The fourth-order valence-corrected chi connectivity index (χ4v) is 3.61. The number of halogens is 1. The number of hydrogen-bond acceptors (Lipinski definition) is 3. The number of nitrogens with zero attached hydrogens (tertiary/aromatic N) is 1. The molecule has 2 aliphatic heterocycles. The van der Waals surface area contributed by atoms with Crippen LogP contribution in [-0.2, 0) is 14.9 Å². The molecule has 5 heteroatoms. The van der Waals surface area contributed by atoms with Crippen LogP contribution in [0.25, 0.3) is 0 Å². The zero-order valence-corrected chi connectivity index (χ0v) is 13.6. The minimum absolute atomic E-state index is 0.123. The van der Waals surface area contributed by atoms with Crippen molar-refractivity contribution >= 4 is 5.91 Å². The van der Waals surface area contributed by atoms with Crippen molar-refractivity contribution in [3.05, 3.63) is 29.8 Å². The Balaban J connectivity index is 1.87. The molecule has 2 fully saturated rings. The molecule has 4 nitrogen and oxygen atoms in total. The number of alkyl halides is 1. The van der Waals surface area contributed by atoms with Crippen molar-refractivity contribution in [2.24, 2.45) is 0 Å². The number of carbonyl (C=O) groups excluding carboxylic acids is 1. The molecule has 1 aromatic carbocycles. The van der Waals surface area contributed by atoms with Gasteiger partial charge in [-0.3, -0.25) is 4.79 Å². The molecule has 23 heavy (non-hydrogen) atoms. The lowest BCUT2D eigenvalue weighted by Gasteiger charge is -2.41. The zero-order valence-electron chi connectivity index (χ0n) is 13.6.